The van der Waals surface area contributed by atoms with Crippen molar-refractivity contribution in [2.75, 3.05) is 33.8 Å². The van der Waals surface area contributed by atoms with Crippen molar-refractivity contribution in [1.82, 2.24) is 9.80 Å². The van der Waals surface area contributed by atoms with Crippen molar-refractivity contribution in [1.29, 1.82) is 0 Å². The Balaban J connectivity index is 2.11. The van der Waals surface area contributed by atoms with Gasteiger partial charge in [-0.25, -0.2) is 0 Å². The number of aryl methyl sites for hydroxylation is 1. The van der Waals surface area contributed by atoms with Crippen LogP contribution in [-0.2, 0) is 4.79 Å². The highest BCUT2D eigenvalue weighted by molar-refractivity contribution is 5.83. The van der Waals surface area contributed by atoms with E-state index in [4.69, 9.17) is 0 Å². The predicted molar refractivity (Wildman–Crippen MR) is 84.0 cm³/mol. The van der Waals surface area contributed by atoms with E-state index in [9.17, 15) is 9.90 Å². The fraction of sp³-hybridized carbons (Fsp3) is 0.588. The topological polar surface area (TPSA) is 43.8 Å². The second-order valence-electron chi connectivity index (χ2n) is 6.23. The third-order valence-electron chi connectivity index (χ3n) is 4.33. The lowest BCUT2D eigenvalue weighted by Gasteiger charge is -2.35. The zero-order valence-electron chi connectivity index (χ0n) is 13.2. The number of benzene rings is 1. The van der Waals surface area contributed by atoms with E-state index in [0.717, 1.165) is 31.5 Å². The third-order valence-corrected chi connectivity index (χ3v) is 4.33. The first-order valence-electron chi connectivity index (χ1n) is 7.65. The highest BCUT2D eigenvalue weighted by Gasteiger charge is 2.30. The molecule has 0 saturated carbocycles. The molecule has 0 radical (unpaired) electrons. The minimum absolute atomic E-state index is 0.167. The normalized spacial score (nSPS) is 18.0. The van der Waals surface area contributed by atoms with Gasteiger partial charge in [-0.2, -0.15) is 0 Å². The molecule has 0 bridgehead atoms. The average Bonchev–Trinajstić information content (AvgIpc) is 2.49. The first kappa shape index (κ1) is 16.0. The lowest BCUT2D eigenvalue weighted by molar-refractivity contribution is -0.138. The molecule has 0 aromatic heterocycles. The molecule has 0 spiro atoms. The van der Waals surface area contributed by atoms with Crippen LogP contribution in [0.5, 0.6) is 0 Å². The van der Waals surface area contributed by atoms with Gasteiger partial charge < -0.3 is 10.0 Å². The van der Waals surface area contributed by atoms with Gasteiger partial charge in [0.05, 0.1) is 0 Å². The Hall–Kier alpha value is -1.39. The van der Waals surface area contributed by atoms with Gasteiger partial charge in [-0.1, -0.05) is 29.8 Å². The van der Waals surface area contributed by atoms with Crippen LogP contribution in [0.3, 0.4) is 0 Å². The third kappa shape index (κ3) is 3.83. The molecule has 1 aromatic rings. The van der Waals surface area contributed by atoms with Gasteiger partial charge in [0, 0.05) is 19.7 Å². The molecule has 21 heavy (non-hydrogen) atoms. The molecule has 116 valence electrons. The van der Waals surface area contributed by atoms with Crippen molar-refractivity contribution < 1.29 is 9.90 Å². The van der Waals surface area contributed by atoms with Crippen LogP contribution >= 0.6 is 0 Å². The van der Waals surface area contributed by atoms with E-state index >= 15 is 0 Å². The molecule has 1 N–H and O–H groups in total. The maximum absolute atomic E-state index is 12.8. The van der Waals surface area contributed by atoms with Crippen LogP contribution in [0.25, 0.3) is 0 Å². The number of piperidine rings is 1. The largest absolute Gasteiger partial charge is 0.396 e. The Morgan fingerprint density at radius 2 is 1.86 bits per heavy atom. The van der Waals surface area contributed by atoms with Gasteiger partial charge in [-0.15, -0.1) is 0 Å². The van der Waals surface area contributed by atoms with E-state index in [0.29, 0.717) is 5.92 Å². The van der Waals surface area contributed by atoms with Crippen LogP contribution in [-0.4, -0.2) is 54.6 Å². The van der Waals surface area contributed by atoms with E-state index in [2.05, 4.69) is 19.1 Å². The van der Waals surface area contributed by atoms with Crippen LogP contribution < -0.4 is 0 Å². The Labute approximate surface area is 127 Å². The maximum atomic E-state index is 12.8. The van der Waals surface area contributed by atoms with Crippen molar-refractivity contribution in [3.63, 3.8) is 0 Å². The van der Waals surface area contributed by atoms with Crippen LogP contribution in [0.2, 0.25) is 0 Å². The van der Waals surface area contributed by atoms with Gasteiger partial charge in [0.1, 0.15) is 6.04 Å². The van der Waals surface area contributed by atoms with Crippen molar-refractivity contribution >= 4 is 5.91 Å². The molecule has 1 aromatic carbocycles. The summed E-state index contributed by atoms with van der Waals surface area (Å²) in [4.78, 5) is 16.8. The maximum Gasteiger partial charge on any atom is 0.244 e. The average molecular weight is 290 g/mol. The Kier molecular flexibility index (Phi) is 5.37. The standard InChI is InChI=1S/C17H26N2O2/c1-13-4-6-15(7-5-13)16(18(2)3)17(21)19-10-8-14(12-20)9-11-19/h4-7,14,16,20H,8-12H2,1-3H3/t16-/m0/s1. The zero-order valence-corrected chi connectivity index (χ0v) is 13.2. The van der Waals surface area contributed by atoms with Gasteiger partial charge in [0.2, 0.25) is 5.91 Å². The van der Waals surface area contributed by atoms with Gasteiger partial charge >= 0.3 is 0 Å². The number of amides is 1. The molecule has 1 aliphatic heterocycles. The highest BCUT2D eigenvalue weighted by Crippen LogP contribution is 2.25. The van der Waals surface area contributed by atoms with Crippen LogP contribution in [0.15, 0.2) is 24.3 Å². The van der Waals surface area contributed by atoms with E-state index < -0.39 is 0 Å². The fourth-order valence-electron chi connectivity index (χ4n) is 2.92. The Bertz CT molecular complexity index is 462. The summed E-state index contributed by atoms with van der Waals surface area (Å²) in [6.07, 6.45) is 1.80. The number of nitrogens with zero attached hydrogens (tertiary/aromatic N) is 2. The molecular formula is C17H26N2O2. The molecule has 4 heteroatoms. The molecule has 0 aliphatic carbocycles. The number of aliphatic hydroxyl groups excluding tert-OH is 1. The van der Waals surface area contributed by atoms with E-state index in [1.807, 2.05) is 36.0 Å². The van der Waals surface area contributed by atoms with E-state index in [-0.39, 0.29) is 18.6 Å². The van der Waals surface area contributed by atoms with Crippen molar-refractivity contribution in [2.45, 2.75) is 25.8 Å². The molecule has 4 nitrogen and oxygen atoms in total. The lowest BCUT2D eigenvalue weighted by Crippen LogP contribution is -2.44. The molecular weight excluding hydrogens is 264 g/mol. The van der Waals surface area contributed by atoms with E-state index in [1.165, 1.54) is 5.56 Å². The minimum atomic E-state index is -0.226. The summed E-state index contributed by atoms with van der Waals surface area (Å²) < 4.78 is 0. The van der Waals surface area contributed by atoms with E-state index in [1.54, 1.807) is 0 Å². The van der Waals surface area contributed by atoms with Crippen molar-refractivity contribution in [3.05, 3.63) is 35.4 Å². The van der Waals surface area contributed by atoms with Crippen LogP contribution in [0.1, 0.15) is 30.0 Å². The van der Waals surface area contributed by atoms with Gasteiger partial charge in [-0.05, 0) is 45.3 Å². The number of likely N-dealkylation sites (tertiary alicyclic amines) is 1. The lowest BCUT2D eigenvalue weighted by atomic mass is 9.96. The Morgan fingerprint density at radius 1 is 1.29 bits per heavy atom. The zero-order chi connectivity index (χ0) is 15.4. The van der Waals surface area contributed by atoms with Crippen LogP contribution in [0.4, 0.5) is 0 Å². The molecule has 0 unspecified atom stereocenters. The first-order valence-corrected chi connectivity index (χ1v) is 7.65. The molecule has 1 fully saturated rings. The Morgan fingerprint density at radius 3 is 2.33 bits per heavy atom. The summed E-state index contributed by atoms with van der Waals surface area (Å²) in [7, 11) is 3.89. The quantitative estimate of drug-likeness (QED) is 0.920. The van der Waals surface area contributed by atoms with Gasteiger partial charge in [0.25, 0.3) is 0 Å². The molecule has 1 heterocycles. The second kappa shape index (κ2) is 7.05. The predicted octanol–water partition coefficient (Wildman–Crippen LogP) is 1.83. The summed E-state index contributed by atoms with van der Waals surface area (Å²) in [6.45, 7) is 3.79. The summed E-state index contributed by atoms with van der Waals surface area (Å²) in [5, 5.41) is 9.21. The van der Waals surface area contributed by atoms with Gasteiger partial charge in [0.15, 0.2) is 0 Å². The molecule has 1 saturated heterocycles. The van der Waals surface area contributed by atoms with Crippen molar-refractivity contribution in [2.24, 2.45) is 5.92 Å². The number of rotatable bonds is 4. The smallest absolute Gasteiger partial charge is 0.244 e. The van der Waals surface area contributed by atoms with Gasteiger partial charge in [-0.3, -0.25) is 9.69 Å². The number of hydrogen-bond donors (Lipinski definition) is 1. The second-order valence-corrected chi connectivity index (χ2v) is 6.23. The van der Waals surface area contributed by atoms with Crippen LogP contribution in [0, 0.1) is 12.8 Å². The fourth-order valence-corrected chi connectivity index (χ4v) is 2.92. The van der Waals surface area contributed by atoms with Crippen molar-refractivity contribution in [3.8, 4) is 0 Å². The highest BCUT2D eigenvalue weighted by atomic mass is 16.3. The number of hydrogen-bond acceptors (Lipinski definition) is 3. The molecule has 1 atom stereocenters. The summed E-state index contributed by atoms with van der Waals surface area (Å²) in [5.74, 6) is 0.520. The monoisotopic (exact) mass is 290 g/mol. The SMILES string of the molecule is Cc1ccc([C@@H](C(=O)N2CCC(CO)CC2)N(C)C)cc1. The summed E-state index contributed by atoms with van der Waals surface area (Å²) in [6, 6.07) is 7.96. The minimum Gasteiger partial charge on any atom is -0.396 e. The first-order chi connectivity index (χ1) is 10.0. The number of carbonyl (C=O) groups excluding carboxylic acids is 1. The number of aliphatic hydroxyl groups is 1. The molecule has 2 rings (SSSR count). The number of carbonyl (C=O) groups is 1. The summed E-state index contributed by atoms with van der Waals surface area (Å²) in [5.41, 5.74) is 2.24. The molecule has 1 amide bonds. The molecule has 1 aliphatic rings. The summed E-state index contributed by atoms with van der Waals surface area (Å²) >= 11 is 0. The number of likely N-dealkylation sites (N-methyl/N-ethyl adjacent to an activating group) is 1.